The van der Waals surface area contributed by atoms with Crippen molar-refractivity contribution in [1.82, 2.24) is 0 Å². The Morgan fingerprint density at radius 1 is 1.00 bits per heavy atom. The lowest BCUT2D eigenvalue weighted by molar-refractivity contribution is 1.07. The second kappa shape index (κ2) is 4.08. The van der Waals surface area contributed by atoms with Gasteiger partial charge in [0.25, 0.3) is 0 Å². The highest BCUT2D eigenvalue weighted by molar-refractivity contribution is 5.85. The van der Waals surface area contributed by atoms with Crippen LogP contribution in [0.1, 0.15) is 29.5 Å². The standard InChI is InChI=1S/C20H16/c1-13-6-5-9-16-14(2)20(12-19(13)16)18-11-10-15-7-3-4-8-17(15)18/h3-12,18H,1H2,2H3. The predicted octanol–water partition coefficient (Wildman–Crippen LogP) is 3.48. The minimum absolute atomic E-state index is 0.387. The van der Waals surface area contributed by atoms with E-state index in [0.717, 1.165) is 5.22 Å². The Balaban J connectivity index is 1.92. The molecule has 1 unspecified atom stereocenters. The van der Waals surface area contributed by atoms with Gasteiger partial charge in [-0.1, -0.05) is 61.2 Å². The third kappa shape index (κ3) is 1.48. The molecule has 20 heavy (non-hydrogen) atoms. The van der Waals surface area contributed by atoms with Crippen LogP contribution in [-0.4, -0.2) is 0 Å². The van der Waals surface area contributed by atoms with Crippen LogP contribution in [0.5, 0.6) is 0 Å². The van der Waals surface area contributed by atoms with Crippen LogP contribution in [0.15, 0.2) is 54.1 Å². The van der Waals surface area contributed by atoms with Crippen LogP contribution in [0.2, 0.25) is 0 Å². The summed E-state index contributed by atoms with van der Waals surface area (Å²) in [6.07, 6.45) is 6.88. The monoisotopic (exact) mass is 256 g/mol. The van der Waals surface area contributed by atoms with Gasteiger partial charge in [0.2, 0.25) is 0 Å². The first-order chi connectivity index (χ1) is 9.75. The summed E-state index contributed by atoms with van der Waals surface area (Å²) in [4.78, 5) is 0. The van der Waals surface area contributed by atoms with Gasteiger partial charge in [-0.15, -0.1) is 0 Å². The topological polar surface area (TPSA) is 0 Å². The Labute approximate surface area is 119 Å². The van der Waals surface area contributed by atoms with Crippen molar-refractivity contribution in [1.29, 1.82) is 0 Å². The predicted molar refractivity (Wildman–Crippen MR) is 86.5 cm³/mol. The summed E-state index contributed by atoms with van der Waals surface area (Å²) in [5, 5.41) is 2.41. The fraction of sp³-hybridized carbons (Fsp3) is 0.100. The van der Waals surface area contributed by atoms with E-state index in [2.05, 4.69) is 74.2 Å². The van der Waals surface area contributed by atoms with Gasteiger partial charge in [0.05, 0.1) is 0 Å². The summed E-state index contributed by atoms with van der Waals surface area (Å²) in [5.74, 6) is 0.387. The molecule has 0 saturated heterocycles. The third-order valence-electron chi connectivity index (χ3n) is 4.47. The van der Waals surface area contributed by atoms with Gasteiger partial charge in [0, 0.05) is 5.92 Å². The highest BCUT2D eigenvalue weighted by Gasteiger charge is 2.24. The van der Waals surface area contributed by atoms with Gasteiger partial charge in [0.1, 0.15) is 0 Å². The van der Waals surface area contributed by atoms with Crippen molar-refractivity contribution >= 4 is 24.3 Å². The molecule has 0 saturated carbocycles. The summed E-state index contributed by atoms with van der Waals surface area (Å²) in [6, 6.07) is 15.0. The average Bonchev–Trinajstić information content (AvgIpc) is 3.02. The quantitative estimate of drug-likeness (QED) is 0.733. The lowest BCUT2D eigenvalue weighted by atomic mass is 9.90. The fourth-order valence-corrected chi connectivity index (χ4v) is 3.37. The molecule has 0 aliphatic heterocycles. The molecule has 0 bridgehead atoms. The number of benzene rings is 2. The van der Waals surface area contributed by atoms with Crippen molar-refractivity contribution in [2.75, 3.05) is 0 Å². The molecule has 0 heterocycles. The lowest BCUT2D eigenvalue weighted by Crippen LogP contribution is -2.24. The van der Waals surface area contributed by atoms with E-state index in [9.17, 15) is 0 Å². The molecule has 0 heteroatoms. The summed E-state index contributed by atoms with van der Waals surface area (Å²) < 4.78 is 0. The Morgan fingerprint density at radius 2 is 1.85 bits per heavy atom. The number of hydrogen-bond donors (Lipinski definition) is 0. The second-order valence-electron chi connectivity index (χ2n) is 5.57. The van der Waals surface area contributed by atoms with E-state index in [1.165, 1.54) is 33.1 Å². The fourth-order valence-electron chi connectivity index (χ4n) is 3.37. The molecule has 96 valence electrons. The maximum absolute atomic E-state index is 4.16. The van der Waals surface area contributed by atoms with Crippen LogP contribution >= 0.6 is 0 Å². The van der Waals surface area contributed by atoms with Gasteiger partial charge >= 0.3 is 0 Å². The summed E-state index contributed by atoms with van der Waals surface area (Å²) >= 11 is 0. The van der Waals surface area contributed by atoms with E-state index in [4.69, 9.17) is 0 Å². The van der Waals surface area contributed by atoms with Crippen LogP contribution in [0, 0.1) is 0 Å². The molecule has 2 aromatic rings. The second-order valence-corrected chi connectivity index (χ2v) is 5.57. The minimum Gasteiger partial charge on any atom is -0.0911 e. The smallest absolute Gasteiger partial charge is 0.0281 e. The molecule has 0 amide bonds. The number of rotatable bonds is 1. The van der Waals surface area contributed by atoms with Gasteiger partial charge in [-0.05, 0) is 51.3 Å². The van der Waals surface area contributed by atoms with Gasteiger partial charge in [-0.25, -0.2) is 0 Å². The van der Waals surface area contributed by atoms with Crippen LogP contribution in [0.25, 0.3) is 24.3 Å². The molecular weight excluding hydrogens is 240 g/mol. The maximum Gasteiger partial charge on any atom is 0.0281 e. The zero-order valence-electron chi connectivity index (χ0n) is 11.6. The SMILES string of the molecule is C=c1cccc2c1=CC(C1C=Cc3ccccc31)=C2C. The van der Waals surface area contributed by atoms with E-state index in [-0.39, 0.29) is 0 Å². The van der Waals surface area contributed by atoms with Crippen molar-refractivity contribution in [3.05, 3.63) is 81.2 Å². The number of fused-ring (bicyclic) bond motifs is 2. The normalized spacial score (nSPS) is 18.9. The maximum atomic E-state index is 4.16. The zero-order chi connectivity index (χ0) is 13.7. The summed E-state index contributed by atoms with van der Waals surface area (Å²) in [6.45, 7) is 6.38. The van der Waals surface area contributed by atoms with Crippen LogP contribution in [-0.2, 0) is 0 Å². The molecule has 2 aliphatic carbocycles. The summed E-state index contributed by atoms with van der Waals surface area (Å²) in [5.41, 5.74) is 6.90. The Hall–Kier alpha value is -2.34. The Kier molecular flexibility index (Phi) is 2.34. The average molecular weight is 256 g/mol. The van der Waals surface area contributed by atoms with Crippen LogP contribution in [0.3, 0.4) is 0 Å². The molecule has 2 aliphatic rings. The zero-order valence-corrected chi connectivity index (χ0v) is 11.6. The van der Waals surface area contributed by atoms with Crippen molar-refractivity contribution in [3.63, 3.8) is 0 Å². The third-order valence-corrected chi connectivity index (χ3v) is 4.47. The van der Waals surface area contributed by atoms with Crippen molar-refractivity contribution < 1.29 is 0 Å². The minimum atomic E-state index is 0.387. The van der Waals surface area contributed by atoms with Gasteiger partial charge in [0.15, 0.2) is 0 Å². The molecule has 0 radical (unpaired) electrons. The first-order valence-corrected chi connectivity index (χ1v) is 7.03. The van der Waals surface area contributed by atoms with E-state index >= 15 is 0 Å². The molecule has 0 spiro atoms. The molecular formula is C20H16. The van der Waals surface area contributed by atoms with E-state index in [0.29, 0.717) is 5.92 Å². The highest BCUT2D eigenvalue weighted by Crippen LogP contribution is 2.40. The lowest BCUT2D eigenvalue weighted by Gasteiger charge is -2.13. The number of allylic oxidation sites excluding steroid dienone is 3. The molecule has 0 fully saturated rings. The first kappa shape index (κ1) is 11.5. The highest BCUT2D eigenvalue weighted by atomic mass is 14.3. The number of hydrogen-bond acceptors (Lipinski definition) is 0. The Bertz CT molecular complexity index is 878. The molecule has 4 rings (SSSR count). The summed E-state index contributed by atoms with van der Waals surface area (Å²) in [7, 11) is 0. The molecule has 0 nitrogen and oxygen atoms in total. The van der Waals surface area contributed by atoms with E-state index in [1.54, 1.807) is 0 Å². The van der Waals surface area contributed by atoms with Crippen LogP contribution < -0.4 is 10.4 Å². The van der Waals surface area contributed by atoms with E-state index in [1.807, 2.05) is 0 Å². The van der Waals surface area contributed by atoms with Gasteiger partial charge < -0.3 is 0 Å². The first-order valence-electron chi connectivity index (χ1n) is 7.03. The van der Waals surface area contributed by atoms with Crippen LogP contribution in [0.4, 0.5) is 0 Å². The molecule has 1 atom stereocenters. The van der Waals surface area contributed by atoms with Crippen molar-refractivity contribution in [3.8, 4) is 0 Å². The molecule has 2 aromatic carbocycles. The van der Waals surface area contributed by atoms with Crippen molar-refractivity contribution in [2.45, 2.75) is 12.8 Å². The van der Waals surface area contributed by atoms with E-state index < -0.39 is 0 Å². The van der Waals surface area contributed by atoms with Gasteiger partial charge in [-0.3, -0.25) is 0 Å². The molecule has 0 aromatic heterocycles. The Morgan fingerprint density at radius 3 is 2.70 bits per heavy atom. The van der Waals surface area contributed by atoms with Gasteiger partial charge in [-0.2, -0.15) is 0 Å². The van der Waals surface area contributed by atoms with Crippen molar-refractivity contribution in [2.24, 2.45) is 0 Å². The largest absolute Gasteiger partial charge is 0.0911 e. The molecule has 0 N–H and O–H groups in total.